The van der Waals surface area contributed by atoms with Gasteiger partial charge in [0.2, 0.25) is 0 Å². The highest BCUT2D eigenvalue weighted by Gasteiger charge is 2.37. The predicted octanol–water partition coefficient (Wildman–Crippen LogP) is 3.39. The van der Waals surface area contributed by atoms with E-state index in [9.17, 15) is 9.50 Å². The molecule has 1 N–H and O–H groups in total. The maximum Gasteiger partial charge on any atom is 0.130 e. The Labute approximate surface area is 112 Å². The lowest BCUT2D eigenvalue weighted by atomic mass is 9.89. The van der Waals surface area contributed by atoms with E-state index in [0.29, 0.717) is 10.6 Å². The van der Waals surface area contributed by atoms with Crippen molar-refractivity contribution in [1.82, 2.24) is 4.90 Å². The van der Waals surface area contributed by atoms with Crippen LogP contribution in [0.15, 0.2) is 18.2 Å². The summed E-state index contributed by atoms with van der Waals surface area (Å²) in [6, 6.07) is 4.43. The van der Waals surface area contributed by atoms with Crippen LogP contribution in [-0.2, 0) is 0 Å². The summed E-state index contributed by atoms with van der Waals surface area (Å²) in [5.41, 5.74) is -0.151. The molecule has 1 unspecified atom stereocenters. The first-order valence-corrected chi connectivity index (χ1v) is 6.69. The van der Waals surface area contributed by atoms with E-state index in [2.05, 4.69) is 4.90 Å². The van der Waals surface area contributed by atoms with Crippen molar-refractivity contribution in [2.45, 2.75) is 38.3 Å². The summed E-state index contributed by atoms with van der Waals surface area (Å²) in [5.74, 6) is -0.442. The van der Waals surface area contributed by atoms with Crippen LogP contribution < -0.4 is 0 Å². The van der Waals surface area contributed by atoms with Gasteiger partial charge < -0.3 is 5.11 Å². The van der Waals surface area contributed by atoms with Crippen molar-refractivity contribution in [2.24, 2.45) is 0 Å². The van der Waals surface area contributed by atoms with Crippen molar-refractivity contribution >= 4 is 11.6 Å². The first-order chi connectivity index (χ1) is 8.43. The summed E-state index contributed by atoms with van der Waals surface area (Å²) in [5, 5.41) is 10.8. The first-order valence-electron chi connectivity index (χ1n) is 6.31. The van der Waals surface area contributed by atoms with Gasteiger partial charge in [0.15, 0.2) is 0 Å². The summed E-state index contributed by atoms with van der Waals surface area (Å²) >= 11 is 5.73. The lowest BCUT2D eigenvalue weighted by Gasteiger charge is -2.39. The Kier molecular flexibility index (Phi) is 3.95. The van der Waals surface area contributed by atoms with E-state index >= 15 is 0 Å². The Morgan fingerprint density at radius 1 is 1.33 bits per heavy atom. The molecule has 1 aromatic rings. The molecule has 1 saturated heterocycles. The highest BCUT2D eigenvalue weighted by atomic mass is 35.5. The van der Waals surface area contributed by atoms with Gasteiger partial charge in [-0.2, -0.15) is 0 Å². The van der Waals surface area contributed by atoms with E-state index in [4.69, 9.17) is 11.6 Å². The van der Waals surface area contributed by atoms with E-state index in [1.807, 2.05) is 13.8 Å². The van der Waals surface area contributed by atoms with Crippen LogP contribution in [0.3, 0.4) is 0 Å². The van der Waals surface area contributed by atoms with E-state index < -0.39 is 17.5 Å². The molecule has 0 radical (unpaired) electrons. The molecule has 0 bridgehead atoms. The fraction of sp³-hybridized carbons (Fsp3) is 0.571. The molecule has 1 aliphatic rings. The van der Waals surface area contributed by atoms with Crippen LogP contribution in [0.4, 0.5) is 4.39 Å². The van der Waals surface area contributed by atoms with Crippen LogP contribution in [0.1, 0.15) is 38.4 Å². The fourth-order valence-electron chi connectivity index (χ4n) is 2.57. The lowest BCUT2D eigenvalue weighted by Crippen LogP contribution is -2.47. The predicted molar refractivity (Wildman–Crippen MR) is 71.3 cm³/mol. The van der Waals surface area contributed by atoms with Gasteiger partial charge in [-0.1, -0.05) is 17.7 Å². The quantitative estimate of drug-likeness (QED) is 0.911. The summed E-state index contributed by atoms with van der Waals surface area (Å²) < 4.78 is 13.9. The minimum Gasteiger partial charge on any atom is -0.386 e. The summed E-state index contributed by atoms with van der Waals surface area (Å²) in [6.07, 6.45) is 1.42. The molecule has 1 aromatic carbocycles. The molecule has 18 heavy (non-hydrogen) atoms. The Balaban J connectivity index is 2.26. The molecule has 2 rings (SSSR count). The third-order valence-corrected chi connectivity index (χ3v) is 4.08. The SMILES string of the molecule is CC(C)(C(O)c1ccc(Cl)cc1F)N1CCCC1. The maximum atomic E-state index is 13.9. The Bertz CT molecular complexity index is 430. The molecule has 1 heterocycles. The van der Waals surface area contributed by atoms with Gasteiger partial charge in [0.05, 0.1) is 6.10 Å². The van der Waals surface area contributed by atoms with Gasteiger partial charge in [-0.05, 0) is 51.9 Å². The Morgan fingerprint density at radius 2 is 1.94 bits per heavy atom. The summed E-state index contributed by atoms with van der Waals surface area (Å²) in [6.45, 7) is 5.83. The molecular formula is C14H19ClFNO. The van der Waals surface area contributed by atoms with Gasteiger partial charge in [0.25, 0.3) is 0 Å². The number of hydrogen-bond acceptors (Lipinski definition) is 2. The highest BCUT2D eigenvalue weighted by molar-refractivity contribution is 6.30. The molecular weight excluding hydrogens is 253 g/mol. The number of likely N-dealkylation sites (tertiary alicyclic amines) is 1. The minimum atomic E-state index is -0.854. The van der Waals surface area contributed by atoms with Gasteiger partial charge in [-0.15, -0.1) is 0 Å². The number of nitrogens with zero attached hydrogens (tertiary/aromatic N) is 1. The van der Waals surface area contributed by atoms with Crippen molar-refractivity contribution in [2.75, 3.05) is 13.1 Å². The number of aliphatic hydroxyl groups is 1. The van der Waals surface area contributed by atoms with Crippen molar-refractivity contribution in [3.8, 4) is 0 Å². The molecule has 1 atom stereocenters. The zero-order chi connectivity index (χ0) is 13.3. The number of halogens is 2. The fourth-order valence-corrected chi connectivity index (χ4v) is 2.73. The van der Waals surface area contributed by atoms with Crippen LogP contribution >= 0.6 is 11.6 Å². The third-order valence-electron chi connectivity index (χ3n) is 3.85. The van der Waals surface area contributed by atoms with Gasteiger partial charge in [-0.25, -0.2) is 4.39 Å². The molecule has 4 heteroatoms. The van der Waals surface area contributed by atoms with Gasteiger partial charge in [-0.3, -0.25) is 4.90 Å². The molecule has 0 amide bonds. The van der Waals surface area contributed by atoms with Crippen molar-refractivity contribution in [3.05, 3.63) is 34.6 Å². The van der Waals surface area contributed by atoms with Crippen molar-refractivity contribution in [3.63, 3.8) is 0 Å². The van der Waals surface area contributed by atoms with Crippen molar-refractivity contribution < 1.29 is 9.50 Å². The topological polar surface area (TPSA) is 23.5 Å². The maximum absolute atomic E-state index is 13.9. The standard InChI is InChI=1S/C14H19ClFNO/c1-14(2,17-7-3-4-8-17)13(18)11-6-5-10(15)9-12(11)16/h5-6,9,13,18H,3-4,7-8H2,1-2H3. The largest absolute Gasteiger partial charge is 0.386 e. The molecule has 0 aromatic heterocycles. The van der Waals surface area contributed by atoms with Crippen LogP contribution in [0, 0.1) is 5.82 Å². The van der Waals surface area contributed by atoms with E-state index in [1.54, 1.807) is 12.1 Å². The second-order valence-corrected chi connectivity index (χ2v) is 5.85. The number of aliphatic hydroxyl groups excluding tert-OH is 1. The molecule has 1 aliphatic heterocycles. The molecule has 100 valence electrons. The number of rotatable bonds is 3. The monoisotopic (exact) mass is 271 g/mol. The Morgan fingerprint density at radius 3 is 2.50 bits per heavy atom. The average molecular weight is 272 g/mol. The number of hydrogen-bond donors (Lipinski definition) is 1. The second kappa shape index (κ2) is 5.16. The third kappa shape index (κ3) is 2.53. The zero-order valence-electron chi connectivity index (χ0n) is 10.8. The van der Waals surface area contributed by atoms with Crippen molar-refractivity contribution in [1.29, 1.82) is 0 Å². The van der Waals surface area contributed by atoms with Crippen LogP contribution in [0.2, 0.25) is 5.02 Å². The van der Waals surface area contributed by atoms with Gasteiger partial charge in [0.1, 0.15) is 5.82 Å². The van der Waals surface area contributed by atoms with Crippen LogP contribution in [0.25, 0.3) is 0 Å². The summed E-state index contributed by atoms with van der Waals surface area (Å²) in [7, 11) is 0. The average Bonchev–Trinajstić information content (AvgIpc) is 2.82. The number of benzene rings is 1. The minimum absolute atomic E-state index is 0.316. The first kappa shape index (κ1) is 13.8. The molecule has 2 nitrogen and oxygen atoms in total. The Hall–Kier alpha value is -0.640. The second-order valence-electron chi connectivity index (χ2n) is 5.42. The smallest absolute Gasteiger partial charge is 0.130 e. The lowest BCUT2D eigenvalue weighted by molar-refractivity contribution is -0.000655. The molecule has 0 aliphatic carbocycles. The van der Waals surface area contributed by atoms with Crippen LogP contribution in [0.5, 0.6) is 0 Å². The molecule has 0 saturated carbocycles. The van der Waals surface area contributed by atoms with E-state index in [1.165, 1.54) is 6.07 Å². The summed E-state index contributed by atoms with van der Waals surface area (Å²) in [4.78, 5) is 2.21. The molecule has 0 spiro atoms. The van der Waals surface area contributed by atoms with Gasteiger partial charge >= 0.3 is 0 Å². The zero-order valence-corrected chi connectivity index (χ0v) is 11.5. The van der Waals surface area contributed by atoms with E-state index in [0.717, 1.165) is 25.9 Å². The van der Waals surface area contributed by atoms with E-state index in [-0.39, 0.29) is 0 Å². The highest BCUT2D eigenvalue weighted by Crippen LogP contribution is 2.35. The molecule has 1 fully saturated rings. The van der Waals surface area contributed by atoms with Gasteiger partial charge in [0, 0.05) is 16.1 Å². The van der Waals surface area contributed by atoms with Crippen LogP contribution in [-0.4, -0.2) is 28.6 Å². The normalized spacial score (nSPS) is 19.2.